The molecular weight excluding hydrogens is 380 g/mol. The van der Waals surface area contributed by atoms with Crippen molar-refractivity contribution in [2.75, 3.05) is 6.61 Å². The van der Waals surface area contributed by atoms with Crippen molar-refractivity contribution in [3.05, 3.63) is 71.2 Å². The summed E-state index contributed by atoms with van der Waals surface area (Å²) in [6.07, 6.45) is 3.02. The second-order valence-corrected chi connectivity index (χ2v) is 7.02. The van der Waals surface area contributed by atoms with E-state index in [0.29, 0.717) is 17.9 Å². The largest absolute Gasteiger partial charge is 0.489 e. The van der Waals surface area contributed by atoms with Crippen LogP contribution in [0.5, 0.6) is 5.75 Å². The zero-order valence-corrected chi connectivity index (χ0v) is 14.5. The summed E-state index contributed by atoms with van der Waals surface area (Å²) in [5.41, 5.74) is 0.636. The van der Waals surface area contributed by atoms with Crippen molar-refractivity contribution < 1.29 is 13.2 Å². The fraction of sp³-hybridized carbons (Fsp3) is 0.0625. The molecule has 7 heteroatoms. The molecule has 0 bridgehead atoms. The van der Waals surface area contributed by atoms with Gasteiger partial charge >= 0.3 is 0 Å². The van der Waals surface area contributed by atoms with E-state index in [0.717, 1.165) is 4.47 Å². The van der Waals surface area contributed by atoms with Crippen molar-refractivity contribution >= 4 is 32.2 Å². The summed E-state index contributed by atoms with van der Waals surface area (Å²) in [5.74, 6) is 0.579. The van der Waals surface area contributed by atoms with Crippen molar-refractivity contribution in [3.63, 3.8) is 0 Å². The van der Waals surface area contributed by atoms with Gasteiger partial charge in [0.15, 0.2) is 0 Å². The Morgan fingerprint density at radius 1 is 1.22 bits per heavy atom. The Morgan fingerprint density at radius 2 is 1.96 bits per heavy atom. The molecule has 0 saturated carbocycles. The molecule has 2 aromatic carbocycles. The van der Waals surface area contributed by atoms with Crippen LogP contribution in [0.2, 0.25) is 0 Å². The molecule has 2 aromatic rings. The minimum atomic E-state index is -3.69. The van der Waals surface area contributed by atoms with Crippen LogP contribution in [-0.4, -0.2) is 21.2 Å². The minimum absolute atomic E-state index is 0.148. The Hall–Kier alpha value is -2.12. The molecule has 23 heavy (non-hydrogen) atoms. The van der Waals surface area contributed by atoms with E-state index >= 15 is 0 Å². The third kappa shape index (κ3) is 4.94. The molecule has 1 N–H and O–H groups in total. The Morgan fingerprint density at radius 3 is 2.65 bits per heavy atom. The van der Waals surface area contributed by atoms with Crippen molar-refractivity contribution in [2.24, 2.45) is 5.10 Å². The number of ether oxygens (including phenoxy) is 1. The third-order valence-electron chi connectivity index (χ3n) is 2.76. The topological polar surface area (TPSA) is 67.8 Å². The van der Waals surface area contributed by atoms with Gasteiger partial charge in [-0.2, -0.15) is 13.5 Å². The van der Waals surface area contributed by atoms with E-state index in [9.17, 15) is 8.42 Å². The first kappa shape index (κ1) is 17.2. The summed E-state index contributed by atoms with van der Waals surface area (Å²) in [5, 5.41) is 3.81. The number of benzene rings is 2. The monoisotopic (exact) mass is 394 g/mol. The van der Waals surface area contributed by atoms with Crippen LogP contribution >= 0.6 is 15.9 Å². The highest BCUT2D eigenvalue weighted by Crippen LogP contribution is 2.21. The highest BCUT2D eigenvalue weighted by Gasteiger charge is 2.11. The number of hydrazone groups is 1. The molecule has 0 saturated heterocycles. The van der Waals surface area contributed by atoms with Crippen LogP contribution in [0.15, 0.2) is 75.7 Å². The molecule has 0 aliphatic carbocycles. The molecule has 5 nitrogen and oxygen atoms in total. The lowest BCUT2D eigenvalue weighted by atomic mass is 10.2. The molecule has 0 radical (unpaired) electrons. The Bertz CT molecular complexity index is 805. The zero-order chi connectivity index (χ0) is 16.7. The van der Waals surface area contributed by atoms with E-state index in [1.54, 1.807) is 36.4 Å². The van der Waals surface area contributed by atoms with Gasteiger partial charge in [-0.25, -0.2) is 4.83 Å². The van der Waals surface area contributed by atoms with Crippen LogP contribution in [0.3, 0.4) is 0 Å². The number of nitrogens with one attached hydrogen (secondary N) is 1. The van der Waals surface area contributed by atoms with Crippen molar-refractivity contribution in [1.29, 1.82) is 0 Å². The first-order valence-electron chi connectivity index (χ1n) is 6.66. The summed E-state index contributed by atoms with van der Waals surface area (Å²) in [6.45, 7) is 3.94. The van der Waals surface area contributed by atoms with E-state index in [1.165, 1.54) is 18.3 Å². The van der Waals surface area contributed by atoms with E-state index < -0.39 is 10.0 Å². The van der Waals surface area contributed by atoms with Gasteiger partial charge in [0.05, 0.1) is 11.1 Å². The van der Waals surface area contributed by atoms with Crippen LogP contribution in [0.4, 0.5) is 0 Å². The minimum Gasteiger partial charge on any atom is -0.489 e. The number of hydrogen-bond acceptors (Lipinski definition) is 4. The lowest BCUT2D eigenvalue weighted by molar-refractivity contribution is 0.362. The molecule has 2 rings (SSSR count). The number of halogens is 1. The molecule has 0 unspecified atom stereocenters. The molecule has 0 aliphatic heterocycles. The number of hydrogen-bond donors (Lipinski definition) is 1. The van der Waals surface area contributed by atoms with Crippen LogP contribution in [0.1, 0.15) is 5.56 Å². The molecule has 0 atom stereocenters. The second kappa shape index (κ2) is 7.94. The third-order valence-corrected chi connectivity index (χ3v) is 4.49. The van der Waals surface area contributed by atoms with Gasteiger partial charge in [-0.1, -0.05) is 46.8 Å². The number of sulfonamides is 1. The van der Waals surface area contributed by atoms with E-state index in [2.05, 4.69) is 32.4 Å². The first-order chi connectivity index (χ1) is 11.0. The van der Waals surface area contributed by atoms with Crippen LogP contribution in [0, 0.1) is 0 Å². The van der Waals surface area contributed by atoms with Crippen LogP contribution in [-0.2, 0) is 10.0 Å². The van der Waals surface area contributed by atoms with E-state index in [4.69, 9.17) is 4.74 Å². The number of nitrogens with zero attached hydrogens (tertiary/aromatic N) is 1. The second-order valence-electron chi connectivity index (χ2n) is 4.45. The molecule has 0 spiro atoms. The van der Waals surface area contributed by atoms with E-state index in [1.807, 2.05) is 6.07 Å². The Balaban J connectivity index is 2.17. The highest BCUT2D eigenvalue weighted by atomic mass is 79.9. The predicted octanol–water partition coefficient (Wildman–Crippen LogP) is 3.33. The van der Waals surface area contributed by atoms with E-state index in [-0.39, 0.29) is 4.90 Å². The summed E-state index contributed by atoms with van der Waals surface area (Å²) in [4.78, 5) is 2.32. The van der Waals surface area contributed by atoms with Gasteiger partial charge in [-0.15, -0.1) is 0 Å². The maximum Gasteiger partial charge on any atom is 0.276 e. The summed E-state index contributed by atoms with van der Waals surface area (Å²) in [7, 11) is -3.69. The highest BCUT2D eigenvalue weighted by molar-refractivity contribution is 9.10. The fourth-order valence-corrected chi connectivity index (χ4v) is 2.91. The maximum absolute atomic E-state index is 12.1. The summed E-state index contributed by atoms with van der Waals surface area (Å²) >= 11 is 3.36. The molecule has 0 aliphatic rings. The van der Waals surface area contributed by atoms with Gasteiger partial charge in [0.25, 0.3) is 10.0 Å². The lowest BCUT2D eigenvalue weighted by Gasteiger charge is -2.07. The Kier molecular flexibility index (Phi) is 5.95. The SMILES string of the molecule is C=CCOc1ccc(Br)cc1/C=N/NS(=O)(=O)c1ccccc1. The van der Waals surface area contributed by atoms with Gasteiger partial charge in [0.1, 0.15) is 12.4 Å². The van der Waals surface area contributed by atoms with Crippen molar-refractivity contribution in [2.45, 2.75) is 4.90 Å². The average molecular weight is 395 g/mol. The predicted molar refractivity (Wildman–Crippen MR) is 94.2 cm³/mol. The first-order valence-corrected chi connectivity index (χ1v) is 8.94. The van der Waals surface area contributed by atoms with Gasteiger partial charge in [0, 0.05) is 10.0 Å². The summed E-state index contributed by atoms with van der Waals surface area (Å²) in [6, 6.07) is 13.4. The van der Waals surface area contributed by atoms with Crippen LogP contribution < -0.4 is 9.57 Å². The van der Waals surface area contributed by atoms with Crippen molar-refractivity contribution in [1.82, 2.24) is 4.83 Å². The normalized spacial score (nSPS) is 11.3. The molecule has 120 valence electrons. The van der Waals surface area contributed by atoms with Gasteiger partial charge in [-0.05, 0) is 30.3 Å². The van der Waals surface area contributed by atoms with Gasteiger partial charge < -0.3 is 4.74 Å². The smallest absolute Gasteiger partial charge is 0.276 e. The quantitative estimate of drug-likeness (QED) is 0.444. The molecule has 0 fully saturated rings. The molecule has 0 aromatic heterocycles. The van der Waals surface area contributed by atoms with Crippen LogP contribution in [0.25, 0.3) is 0 Å². The lowest BCUT2D eigenvalue weighted by Crippen LogP contribution is -2.18. The summed E-state index contributed by atoms with van der Waals surface area (Å²) < 4.78 is 30.5. The fourth-order valence-electron chi connectivity index (χ4n) is 1.72. The molecular formula is C16H15BrN2O3S. The standard InChI is InChI=1S/C16H15BrN2O3S/c1-2-10-22-16-9-8-14(17)11-13(16)12-18-19-23(20,21)15-6-4-3-5-7-15/h2-9,11-12,19H,1,10H2/b18-12+. The van der Waals surface area contributed by atoms with Gasteiger partial charge in [0.2, 0.25) is 0 Å². The average Bonchev–Trinajstić information content (AvgIpc) is 2.55. The zero-order valence-electron chi connectivity index (χ0n) is 12.1. The van der Waals surface area contributed by atoms with Crippen molar-refractivity contribution in [3.8, 4) is 5.75 Å². The van der Waals surface area contributed by atoms with Gasteiger partial charge in [-0.3, -0.25) is 0 Å². The number of rotatable bonds is 7. The maximum atomic E-state index is 12.1. The molecule has 0 heterocycles. The Labute approximate surface area is 143 Å². The molecule has 0 amide bonds.